The fraction of sp³-hybridized carbons (Fsp3) is 0.526. The molecule has 1 fully saturated rings. The Hall–Kier alpha value is -2.03. The predicted molar refractivity (Wildman–Crippen MR) is 105 cm³/mol. The molecular weight excluding hydrogens is 360 g/mol. The SMILES string of the molecule is O=c1cc2c(nn1CCN1CCN(Cc3cn4ccsc4n3)CC1)CCC2. The normalized spacial score (nSPS) is 18.4. The molecule has 0 atom stereocenters. The third-order valence-corrected chi connectivity index (χ3v) is 6.42. The fourth-order valence-electron chi connectivity index (χ4n) is 4.09. The van der Waals surface area contributed by atoms with E-state index in [1.807, 2.05) is 0 Å². The Morgan fingerprint density at radius 2 is 1.93 bits per heavy atom. The smallest absolute Gasteiger partial charge is 0.267 e. The lowest BCUT2D eigenvalue weighted by Crippen LogP contribution is -2.47. The zero-order valence-electron chi connectivity index (χ0n) is 15.4. The van der Waals surface area contributed by atoms with Gasteiger partial charge in [0.25, 0.3) is 5.56 Å². The van der Waals surface area contributed by atoms with Gasteiger partial charge in [-0.25, -0.2) is 9.67 Å². The van der Waals surface area contributed by atoms with Gasteiger partial charge >= 0.3 is 0 Å². The van der Waals surface area contributed by atoms with E-state index in [1.165, 1.54) is 0 Å². The van der Waals surface area contributed by atoms with Crippen LogP contribution in [0.1, 0.15) is 23.4 Å². The number of aryl methyl sites for hydroxylation is 2. The van der Waals surface area contributed by atoms with Crippen LogP contribution in [0, 0.1) is 0 Å². The molecule has 1 saturated heterocycles. The van der Waals surface area contributed by atoms with Crippen molar-refractivity contribution in [1.29, 1.82) is 0 Å². The van der Waals surface area contributed by atoms with Crippen LogP contribution in [-0.4, -0.2) is 61.7 Å². The fourth-order valence-corrected chi connectivity index (χ4v) is 4.81. The van der Waals surface area contributed by atoms with Gasteiger partial charge in [0.2, 0.25) is 0 Å². The van der Waals surface area contributed by atoms with Crippen molar-refractivity contribution < 1.29 is 0 Å². The molecule has 0 radical (unpaired) electrons. The highest BCUT2D eigenvalue weighted by Crippen LogP contribution is 2.17. The highest BCUT2D eigenvalue weighted by atomic mass is 32.1. The molecule has 0 bridgehead atoms. The Bertz CT molecular complexity index is 969. The Labute approximate surface area is 161 Å². The van der Waals surface area contributed by atoms with Crippen LogP contribution in [0.3, 0.4) is 0 Å². The quantitative estimate of drug-likeness (QED) is 0.663. The number of fused-ring (bicyclic) bond motifs is 2. The molecule has 8 heteroatoms. The highest BCUT2D eigenvalue weighted by molar-refractivity contribution is 7.15. The average Bonchev–Trinajstić information content (AvgIpc) is 3.37. The lowest BCUT2D eigenvalue weighted by atomic mass is 10.2. The highest BCUT2D eigenvalue weighted by Gasteiger charge is 2.19. The largest absolute Gasteiger partial charge is 0.299 e. The first kappa shape index (κ1) is 17.1. The Morgan fingerprint density at radius 1 is 1.07 bits per heavy atom. The van der Waals surface area contributed by atoms with Gasteiger partial charge in [-0.3, -0.25) is 19.0 Å². The minimum atomic E-state index is 0.0500. The van der Waals surface area contributed by atoms with Gasteiger partial charge in [-0.1, -0.05) is 0 Å². The molecule has 3 aromatic heterocycles. The Kier molecular flexibility index (Phi) is 4.55. The van der Waals surface area contributed by atoms with E-state index in [0.29, 0.717) is 6.54 Å². The van der Waals surface area contributed by atoms with Crippen molar-refractivity contribution in [1.82, 2.24) is 29.0 Å². The first-order valence-corrected chi connectivity index (χ1v) is 10.6. The summed E-state index contributed by atoms with van der Waals surface area (Å²) in [6.45, 7) is 6.62. The van der Waals surface area contributed by atoms with Crippen molar-refractivity contribution in [2.45, 2.75) is 32.4 Å². The number of imidazole rings is 1. The summed E-state index contributed by atoms with van der Waals surface area (Å²) in [5, 5.41) is 6.64. The van der Waals surface area contributed by atoms with Gasteiger partial charge in [0.05, 0.1) is 17.9 Å². The van der Waals surface area contributed by atoms with Gasteiger partial charge in [-0.15, -0.1) is 11.3 Å². The second-order valence-electron chi connectivity index (χ2n) is 7.47. The number of thiazole rings is 1. The second kappa shape index (κ2) is 7.18. The molecule has 0 N–H and O–H groups in total. The van der Waals surface area contributed by atoms with Crippen molar-refractivity contribution >= 4 is 16.3 Å². The molecule has 142 valence electrons. The predicted octanol–water partition coefficient (Wildman–Crippen LogP) is 1.26. The van der Waals surface area contributed by atoms with Gasteiger partial charge in [0.15, 0.2) is 4.96 Å². The second-order valence-corrected chi connectivity index (χ2v) is 8.35. The molecule has 1 aliphatic carbocycles. The third-order valence-electron chi connectivity index (χ3n) is 5.65. The molecule has 2 aliphatic rings. The molecule has 7 nitrogen and oxygen atoms in total. The van der Waals surface area contributed by atoms with E-state index < -0.39 is 0 Å². The van der Waals surface area contributed by atoms with E-state index in [1.54, 1.807) is 22.1 Å². The van der Waals surface area contributed by atoms with Gasteiger partial charge in [-0.2, -0.15) is 5.10 Å². The standard InChI is InChI=1S/C19H24N6OS/c26-18-12-15-2-1-3-17(15)21-25(18)9-8-22-4-6-23(7-5-22)13-16-14-24-10-11-27-19(24)20-16/h10-12,14H,1-9,13H2. The van der Waals surface area contributed by atoms with E-state index >= 15 is 0 Å². The summed E-state index contributed by atoms with van der Waals surface area (Å²) in [5.74, 6) is 0. The summed E-state index contributed by atoms with van der Waals surface area (Å²) in [6, 6.07) is 1.79. The van der Waals surface area contributed by atoms with E-state index in [4.69, 9.17) is 0 Å². The summed E-state index contributed by atoms with van der Waals surface area (Å²) in [4.78, 5) is 22.9. The maximum Gasteiger partial charge on any atom is 0.267 e. The Morgan fingerprint density at radius 3 is 2.78 bits per heavy atom. The summed E-state index contributed by atoms with van der Waals surface area (Å²) in [7, 11) is 0. The molecule has 1 aliphatic heterocycles. The first-order valence-electron chi connectivity index (χ1n) is 9.70. The molecule has 0 spiro atoms. The van der Waals surface area contributed by atoms with Crippen LogP contribution in [0.5, 0.6) is 0 Å². The van der Waals surface area contributed by atoms with Gasteiger partial charge in [-0.05, 0) is 24.8 Å². The number of hydrogen-bond acceptors (Lipinski definition) is 6. The van der Waals surface area contributed by atoms with Crippen LogP contribution in [0.15, 0.2) is 28.6 Å². The molecule has 0 amide bonds. The number of aromatic nitrogens is 4. The maximum atomic E-state index is 12.2. The maximum absolute atomic E-state index is 12.2. The number of nitrogens with zero attached hydrogens (tertiary/aromatic N) is 6. The molecule has 0 unspecified atom stereocenters. The van der Waals surface area contributed by atoms with E-state index in [2.05, 4.69) is 42.1 Å². The third kappa shape index (κ3) is 3.56. The van der Waals surface area contributed by atoms with Crippen molar-refractivity contribution in [2.75, 3.05) is 32.7 Å². The lowest BCUT2D eigenvalue weighted by Gasteiger charge is -2.34. The zero-order chi connectivity index (χ0) is 18.2. The number of hydrogen-bond donors (Lipinski definition) is 0. The monoisotopic (exact) mass is 384 g/mol. The van der Waals surface area contributed by atoms with Crippen LogP contribution in [0.2, 0.25) is 0 Å². The van der Waals surface area contributed by atoms with Gasteiger partial charge in [0.1, 0.15) is 0 Å². The minimum Gasteiger partial charge on any atom is -0.299 e. The lowest BCUT2D eigenvalue weighted by molar-refractivity contribution is 0.122. The number of piperazine rings is 1. The molecule has 27 heavy (non-hydrogen) atoms. The van der Waals surface area contributed by atoms with Crippen molar-refractivity contribution in [3.63, 3.8) is 0 Å². The van der Waals surface area contributed by atoms with Crippen LogP contribution in [0.4, 0.5) is 0 Å². The molecule has 3 aromatic rings. The van der Waals surface area contributed by atoms with E-state index in [9.17, 15) is 4.79 Å². The van der Waals surface area contributed by atoms with Crippen LogP contribution >= 0.6 is 11.3 Å². The molecule has 5 rings (SSSR count). The molecule has 0 saturated carbocycles. The Balaban J connectivity index is 1.13. The summed E-state index contributed by atoms with van der Waals surface area (Å²) in [6.07, 6.45) is 7.34. The molecule has 4 heterocycles. The van der Waals surface area contributed by atoms with Crippen molar-refractivity contribution in [3.05, 3.63) is 51.1 Å². The average molecular weight is 385 g/mol. The number of rotatable bonds is 5. The topological polar surface area (TPSA) is 58.7 Å². The van der Waals surface area contributed by atoms with E-state index in [-0.39, 0.29) is 5.56 Å². The van der Waals surface area contributed by atoms with Crippen LogP contribution < -0.4 is 5.56 Å². The first-order chi connectivity index (χ1) is 13.2. The van der Waals surface area contributed by atoms with Crippen LogP contribution in [0.25, 0.3) is 4.96 Å². The van der Waals surface area contributed by atoms with Gasteiger partial charge in [0, 0.05) is 63.1 Å². The summed E-state index contributed by atoms with van der Waals surface area (Å²) >= 11 is 1.67. The molecular formula is C19H24N6OS. The van der Waals surface area contributed by atoms with Crippen LogP contribution in [-0.2, 0) is 25.9 Å². The van der Waals surface area contributed by atoms with Crippen molar-refractivity contribution in [2.24, 2.45) is 0 Å². The summed E-state index contributed by atoms with van der Waals surface area (Å²) < 4.78 is 3.76. The van der Waals surface area contributed by atoms with Gasteiger partial charge < -0.3 is 0 Å². The minimum absolute atomic E-state index is 0.0500. The van der Waals surface area contributed by atoms with Crippen molar-refractivity contribution in [3.8, 4) is 0 Å². The molecule has 0 aromatic carbocycles. The zero-order valence-corrected chi connectivity index (χ0v) is 16.2. The van der Waals surface area contributed by atoms with E-state index in [0.717, 1.165) is 80.4 Å². The summed E-state index contributed by atoms with van der Waals surface area (Å²) in [5.41, 5.74) is 3.47.